The van der Waals surface area contributed by atoms with Crippen LogP contribution in [0.4, 0.5) is 0 Å². The number of hydrogen-bond acceptors (Lipinski definition) is 3. The van der Waals surface area contributed by atoms with Crippen molar-refractivity contribution in [2.45, 2.75) is 40.5 Å². The maximum absolute atomic E-state index is 5.54. The number of oxazole rings is 1. The highest BCUT2D eigenvalue weighted by atomic mass is 16.3. The molecule has 0 aliphatic heterocycles. The van der Waals surface area contributed by atoms with E-state index in [4.69, 9.17) is 4.42 Å². The molecule has 2 aromatic rings. The molecule has 0 saturated heterocycles. The van der Waals surface area contributed by atoms with Crippen LogP contribution in [0.2, 0.25) is 0 Å². The van der Waals surface area contributed by atoms with Crippen LogP contribution in [0.1, 0.15) is 42.6 Å². The van der Waals surface area contributed by atoms with Crippen LogP contribution in [-0.4, -0.2) is 9.97 Å². The van der Waals surface area contributed by atoms with E-state index >= 15 is 0 Å². The zero-order valence-electron chi connectivity index (χ0n) is 9.88. The van der Waals surface area contributed by atoms with E-state index in [9.17, 15) is 0 Å². The second kappa shape index (κ2) is 3.33. The van der Waals surface area contributed by atoms with Gasteiger partial charge in [0.1, 0.15) is 5.52 Å². The lowest BCUT2D eigenvalue weighted by Gasteiger charge is -2.09. The molecule has 0 atom stereocenters. The molecule has 0 amide bonds. The highest BCUT2D eigenvalue weighted by Crippen LogP contribution is 2.27. The summed E-state index contributed by atoms with van der Waals surface area (Å²) in [4.78, 5) is 8.99. The lowest BCUT2D eigenvalue weighted by Crippen LogP contribution is -1.99. The number of pyridine rings is 1. The van der Waals surface area contributed by atoms with Crippen LogP contribution < -0.4 is 0 Å². The maximum Gasteiger partial charge on any atom is 0.192 e. The zero-order chi connectivity index (χ0) is 11.2. The van der Waals surface area contributed by atoms with Crippen LogP contribution in [-0.2, 0) is 0 Å². The van der Waals surface area contributed by atoms with Crippen LogP contribution in [0.25, 0.3) is 11.1 Å². The first-order valence-corrected chi connectivity index (χ1v) is 5.25. The average Bonchev–Trinajstić information content (AvgIpc) is 2.53. The molecule has 15 heavy (non-hydrogen) atoms. The summed E-state index contributed by atoms with van der Waals surface area (Å²) in [5.41, 5.74) is 4.98. The van der Waals surface area contributed by atoms with E-state index in [1.165, 1.54) is 0 Å². The summed E-state index contributed by atoms with van der Waals surface area (Å²) in [6.45, 7) is 10.2. The van der Waals surface area contributed by atoms with Crippen LogP contribution in [0.5, 0.6) is 0 Å². The Morgan fingerprint density at radius 1 is 1.07 bits per heavy atom. The molecule has 80 valence electrons. The molecule has 3 nitrogen and oxygen atoms in total. The monoisotopic (exact) mass is 204 g/mol. The van der Waals surface area contributed by atoms with Gasteiger partial charge in [-0.2, -0.15) is 0 Å². The molecular formula is C12H16N2O. The van der Waals surface area contributed by atoms with Gasteiger partial charge in [0.15, 0.2) is 11.5 Å². The predicted molar refractivity (Wildman–Crippen MR) is 60.1 cm³/mol. The maximum atomic E-state index is 5.54. The van der Waals surface area contributed by atoms with Gasteiger partial charge >= 0.3 is 0 Å². The highest BCUT2D eigenvalue weighted by molar-refractivity contribution is 5.79. The number of aromatic nitrogens is 2. The van der Waals surface area contributed by atoms with Crippen molar-refractivity contribution in [3.8, 4) is 0 Å². The molecule has 2 rings (SSSR count). The van der Waals surface area contributed by atoms with Gasteiger partial charge in [-0.1, -0.05) is 13.8 Å². The molecule has 3 heteroatoms. The molecule has 0 unspecified atom stereocenters. The fraction of sp³-hybridized carbons (Fsp3) is 0.500. The average molecular weight is 204 g/mol. The molecule has 0 aliphatic rings. The summed E-state index contributed by atoms with van der Waals surface area (Å²) >= 11 is 0. The molecule has 0 aliphatic carbocycles. The standard InChI is InChI=1S/C12H16N2O/c1-6(2)10-7(3)11-12(8(4)13-10)15-9(5)14-11/h6H,1-5H3. The van der Waals surface area contributed by atoms with Crippen LogP contribution in [0, 0.1) is 20.8 Å². The molecular weight excluding hydrogens is 188 g/mol. The van der Waals surface area contributed by atoms with E-state index in [2.05, 4.69) is 30.7 Å². The summed E-state index contributed by atoms with van der Waals surface area (Å²) < 4.78 is 5.54. The molecule has 2 aromatic heterocycles. The van der Waals surface area contributed by atoms with Gasteiger partial charge in [0.2, 0.25) is 0 Å². The topological polar surface area (TPSA) is 38.9 Å². The van der Waals surface area contributed by atoms with Gasteiger partial charge in [0, 0.05) is 18.2 Å². The van der Waals surface area contributed by atoms with Crippen molar-refractivity contribution < 1.29 is 4.42 Å². The third-order valence-electron chi connectivity index (χ3n) is 2.64. The Balaban J connectivity index is 2.83. The van der Waals surface area contributed by atoms with E-state index in [-0.39, 0.29) is 0 Å². The van der Waals surface area contributed by atoms with Gasteiger partial charge in [-0.25, -0.2) is 4.98 Å². The van der Waals surface area contributed by atoms with E-state index in [1.54, 1.807) is 0 Å². The number of aryl methyl sites for hydroxylation is 3. The van der Waals surface area contributed by atoms with Crippen LogP contribution in [0.15, 0.2) is 4.42 Å². The molecule has 0 bridgehead atoms. The summed E-state index contributed by atoms with van der Waals surface area (Å²) in [6, 6.07) is 0. The van der Waals surface area contributed by atoms with Gasteiger partial charge in [-0.15, -0.1) is 0 Å². The Hall–Kier alpha value is -1.38. The first-order valence-electron chi connectivity index (χ1n) is 5.25. The first kappa shape index (κ1) is 10.1. The molecule has 2 heterocycles. The van der Waals surface area contributed by atoms with Crippen molar-refractivity contribution in [2.75, 3.05) is 0 Å². The fourth-order valence-electron chi connectivity index (χ4n) is 1.93. The second-order valence-electron chi connectivity index (χ2n) is 4.27. The Morgan fingerprint density at radius 2 is 1.73 bits per heavy atom. The van der Waals surface area contributed by atoms with Crippen molar-refractivity contribution in [3.63, 3.8) is 0 Å². The van der Waals surface area contributed by atoms with Crippen molar-refractivity contribution in [1.82, 2.24) is 9.97 Å². The van der Waals surface area contributed by atoms with Crippen molar-refractivity contribution >= 4 is 11.1 Å². The van der Waals surface area contributed by atoms with Gasteiger partial charge in [-0.3, -0.25) is 4.98 Å². The minimum absolute atomic E-state index is 0.421. The van der Waals surface area contributed by atoms with E-state index in [1.807, 2.05) is 13.8 Å². The fourth-order valence-corrected chi connectivity index (χ4v) is 1.93. The lowest BCUT2D eigenvalue weighted by atomic mass is 10.0. The van der Waals surface area contributed by atoms with Gasteiger partial charge in [0.25, 0.3) is 0 Å². The molecule has 0 radical (unpaired) electrons. The Bertz CT molecular complexity index is 512. The molecule has 0 N–H and O–H groups in total. The smallest absolute Gasteiger partial charge is 0.192 e. The lowest BCUT2D eigenvalue weighted by molar-refractivity contribution is 0.557. The molecule has 0 spiro atoms. The summed E-state index contributed by atoms with van der Waals surface area (Å²) in [6.07, 6.45) is 0. The van der Waals surface area contributed by atoms with E-state index in [0.717, 1.165) is 28.1 Å². The highest BCUT2D eigenvalue weighted by Gasteiger charge is 2.15. The number of hydrogen-bond donors (Lipinski definition) is 0. The zero-order valence-corrected chi connectivity index (χ0v) is 9.88. The van der Waals surface area contributed by atoms with Crippen molar-refractivity contribution in [2.24, 2.45) is 0 Å². The largest absolute Gasteiger partial charge is 0.439 e. The molecule has 0 aromatic carbocycles. The molecule has 0 saturated carbocycles. The second-order valence-corrected chi connectivity index (χ2v) is 4.27. The van der Waals surface area contributed by atoms with E-state index in [0.29, 0.717) is 11.8 Å². The third kappa shape index (κ3) is 1.52. The number of fused-ring (bicyclic) bond motifs is 1. The van der Waals surface area contributed by atoms with Crippen molar-refractivity contribution in [1.29, 1.82) is 0 Å². The normalized spacial score (nSPS) is 11.6. The number of rotatable bonds is 1. The summed E-state index contributed by atoms with van der Waals surface area (Å²) in [5.74, 6) is 1.13. The van der Waals surface area contributed by atoms with Crippen molar-refractivity contribution in [3.05, 3.63) is 22.8 Å². The minimum atomic E-state index is 0.421. The van der Waals surface area contributed by atoms with Crippen LogP contribution in [0.3, 0.4) is 0 Å². The predicted octanol–water partition coefficient (Wildman–Crippen LogP) is 3.27. The third-order valence-corrected chi connectivity index (χ3v) is 2.64. The van der Waals surface area contributed by atoms with Crippen LogP contribution >= 0.6 is 0 Å². The SMILES string of the molecule is Cc1nc2c(C)c(C(C)C)nc(C)c2o1. The van der Waals surface area contributed by atoms with Gasteiger partial charge in [0.05, 0.1) is 5.69 Å². The Kier molecular flexibility index (Phi) is 2.25. The molecule has 0 fully saturated rings. The van der Waals surface area contributed by atoms with E-state index < -0.39 is 0 Å². The minimum Gasteiger partial charge on any atom is -0.439 e. The Morgan fingerprint density at radius 3 is 2.33 bits per heavy atom. The van der Waals surface area contributed by atoms with Gasteiger partial charge in [-0.05, 0) is 19.8 Å². The van der Waals surface area contributed by atoms with Gasteiger partial charge < -0.3 is 4.42 Å². The first-order chi connectivity index (χ1) is 7.00. The summed E-state index contributed by atoms with van der Waals surface area (Å²) in [7, 11) is 0. The Labute approximate surface area is 89.5 Å². The number of nitrogens with zero attached hydrogens (tertiary/aromatic N) is 2. The quantitative estimate of drug-likeness (QED) is 0.715. The summed E-state index contributed by atoms with van der Waals surface area (Å²) in [5, 5.41) is 0.